The minimum Gasteiger partial charge on any atom is -0.444 e. The van der Waals surface area contributed by atoms with Crippen molar-refractivity contribution in [1.82, 2.24) is 19.7 Å². The number of oxazole rings is 1. The second kappa shape index (κ2) is 6.87. The van der Waals surface area contributed by atoms with Gasteiger partial charge in [-0.25, -0.2) is 14.6 Å². The van der Waals surface area contributed by atoms with Crippen LogP contribution in [0.5, 0.6) is 0 Å². The molecule has 1 saturated heterocycles. The number of nitrogens with one attached hydrogen (secondary N) is 1. The van der Waals surface area contributed by atoms with Crippen LogP contribution >= 0.6 is 0 Å². The summed E-state index contributed by atoms with van der Waals surface area (Å²) < 4.78 is 12.9. The summed E-state index contributed by atoms with van der Waals surface area (Å²) in [6.07, 6.45) is 6.78. The zero-order valence-corrected chi connectivity index (χ0v) is 14.9. The zero-order chi connectivity index (χ0) is 18.1. The lowest BCUT2D eigenvalue weighted by molar-refractivity contribution is 0.0905. The molecular weight excluding hydrogens is 334 g/mol. The molecule has 0 amide bonds. The van der Waals surface area contributed by atoms with Gasteiger partial charge in [0.05, 0.1) is 22.8 Å². The van der Waals surface area contributed by atoms with Gasteiger partial charge in [0.1, 0.15) is 12.0 Å². The summed E-state index contributed by atoms with van der Waals surface area (Å²) in [5.74, 6) is 0.246. The SMILES string of the molecule is CCn1ncc2c(NC3CCOCC3)c(-c3nc(C(C)=O)co3)cnc21. The van der Waals surface area contributed by atoms with E-state index in [4.69, 9.17) is 9.15 Å². The number of aromatic nitrogens is 4. The topological polar surface area (TPSA) is 95.1 Å². The van der Waals surface area contributed by atoms with Crippen LogP contribution in [0.3, 0.4) is 0 Å². The largest absolute Gasteiger partial charge is 0.444 e. The number of carbonyl (C=O) groups is 1. The normalized spacial score (nSPS) is 15.5. The van der Waals surface area contributed by atoms with Crippen LogP contribution in [-0.4, -0.2) is 44.8 Å². The molecule has 1 N–H and O–H groups in total. The van der Waals surface area contributed by atoms with Crippen molar-refractivity contribution in [3.8, 4) is 11.5 Å². The number of aryl methyl sites for hydroxylation is 1. The van der Waals surface area contributed by atoms with Crippen LogP contribution in [0.2, 0.25) is 0 Å². The summed E-state index contributed by atoms with van der Waals surface area (Å²) in [6.45, 7) is 5.71. The van der Waals surface area contributed by atoms with E-state index in [2.05, 4.69) is 20.4 Å². The summed E-state index contributed by atoms with van der Waals surface area (Å²) in [4.78, 5) is 20.4. The third-order valence-corrected chi connectivity index (χ3v) is 4.63. The molecule has 1 aliphatic rings. The molecule has 4 rings (SSSR count). The fraction of sp³-hybridized carbons (Fsp3) is 0.444. The van der Waals surface area contributed by atoms with Crippen LogP contribution in [0.1, 0.15) is 37.2 Å². The average Bonchev–Trinajstić information content (AvgIpc) is 3.30. The minimum atomic E-state index is -0.133. The van der Waals surface area contributed by atoms with E-state index in [0.717, 1.165) is 54.9 Å². The molecule has 3 aromatic rings. The van der Waals surface area contributed by atoms with Crippen molar-refractivity contribution < 1.29 is 13.9 Å². The molecule has 4 heterocycles. The first-order valence-electron chi connectivity index (χ1n) is 8.83. The number of hydrogen-bond donors (Lipinski definition) is 1. The Balaban J connectivity index is 1.82. The van der Waals surface area contributed by atoms with Gasteiger partial charge >= 0.3 is 0 Å². The van der Waals surface area contributed by atoms with Crippen molar-refractivity contribution in [3.05, 3.63) is 24.4 Å². The number of carbonyl (C=O) groups excluding carboxylic acids is 1. The Labute approximate surface area is 150 Å². The molecule has 8 heteroatoms. The number of hydrogen-bond acceptors (Lipinski definition) is 7. The maximum absolute atomic E-state index is 11.6. The summed E-state index contributed by atoms with van der Waals surface area (Å²) >= 11 is 0. The summed E-state index contributed by atoms with van der Waals surface area (Å²) in [5.41, 5.74) is 2.73. The van der Waals surface area contributed by atoms with Crippen molar-refractivity contribution in [1.29, 1.82) is 0 Å². The highest BCUT2D eigenvalue weighted by atomic mass is 16.5. The molecule has 1 fully saturated rings. The highest BCUT2D eigenvalue weighted by Crippen LogP contribution is 2.34. The van der Waals surface area contributed by atoms with Crippen LogP contribution in [0.4, 0.5) is 5.69 Å². The Kier molecular flexibility index (Phi) is 4.42. The van der Waals surface area contributed by atoms with Gasteiger partial charge in [0.2, 0.25) is 5.89 Å². The van der Waals surface area contributed by atoms with E-state index in [-0.39, 0.29) is 5.78 Å². The molecule has 0 spiro atoms. The number of rotatable bonds is 5. The predicted molar refractivity (Wildman–Crippen MR) is 96.2 cm³/mol. The molecule has 26 heavy (non-hydrogen) atoms. The van der Waals surface area contributed by atoms with Gasteiger partial charge in [0, 0.05) is 38.9 Å². The standard InChI is InChI=1S/C18H21N5O3/c1-3-23-17-13(9-20-23)16(21-12-4-6-25-7-5-12)14(8-19-17)18-22-15(10-26-18)11(2)24/h8-10,12H,3-7H2,1-2H3,(H,19,21). The lowest BCUT2D eigenvalue weighted by atomic mass is 10.1. The fourth-order valence-electron chi connectivity index (χ4n) is 3.18. The molecule has 0 saturated carbocycles. The monoisotopic (exact) mass is 355 g/mol. The van der Waals surface area contributed by atoms with Crippen LogP contribution in [0, 0.1) is 0 Å². The van der Waals surface area contributed by atoms with Gasteiger partial charge in [-0.15, -0.1) is 0 Å². The quantitative estimate of drug-likeness (QED) is 0.703. The Hall–Kier alpha value is -2.74. The Bertz CT molecular complexity index is 940. The first kappa shape index (κ1) is 16.7. The first-order chi connectivity index (χ1) is 12.7. The molecule has 0 aromatic carbocycles. The maximum Gasteiger partial charge on any atom is 0.230 e. The smallest absolute Gasteiger partial charge is 0.230 e. The third kappa shape index (κ3) is 2.96. The van der Waals surface area contributed by atoms with E-state index >= 15 is 0 Å². The Morgan fingerprint density at radius 1 is 1.35 bits per heavy atom. The van der Waals surface area contributed by atoms with E-state index < -0.39 is 0 Å². The van der Waals surface area contributed by atoms with E-state index in [1.165, 1.54) is 13.2 Å². The number of anilines is 1. The molecule has 8 nitrogen and oxygen atoms in total. The highest BCUT2D eigenvalue weighted by Gasteiger charge is 2.22. The van der Waals surface area contributed by atoms with Gasteiger partial charge in [-0.05, 0) is 19.8 Å². The van der Waals surface area contributed by atoms with Crippen molar-refractivity contribution in [3.63, 3.8) is 0 Å². The zero-order valence-electron chi connectivity index (χ0n) is 14.9. The van der Waals surface area contributed by atoms with Gasteiger partial charge in [-0.1, -0.05) is 0 Å². The summed E-state index contributed by atoms with van der Waals surface area (Å²) in [5, 5.41) is 8.94. The molecule has 0 aliphatic carbocycles. The van der Waals surface area contributed by atoms with Gasteiger partial charge in [0.15, 0.2) is 11.4 Å². The lowest BCUT2D eigenvalue weighted by Crippen LogP contribution is -2.28. The Morgan fingerprint density at radius 2 is 2.15 bits per heavy atom. The van der Waals surface area contributed by atoms with Crippen LogP contribution in [0.25, 0.3) is 22.5 Å². The summed E-state index contributed by atoms with van der Waals surface area (Å²) in [6, 6.07) is 0.292. The van der Waals surface area contributed by atoms with Crippen LogP contribution in [-0.2, 0) is 11.3 Å². The average molecular weight is 355 g/mol. The maximum atomic E-state index is 11.6. The van der Waals surface area contributed by atoms with Gasteiger partial charge in [0.25, 0.3) is 0 Å². The van der Waals surface area contributed by atoms with E-state index in [1.54, 1.807) is 6.20 Å². The number of Topliss-reactive ketones (excluding diaryl/α,β-unsaturated/α-hetero) is 1. The molecule has 0 bridgehead atoms. The van der Waals surface area contributed by atoms with Gasteiger partial charge in [-0.2, -0.15) is 5.10 Å². The lowest BCUT2D eigenvalue weighted by Gasteiger charge is -2.25. The Morgan fingerprint density at radius 3 is 2.85 bits per heavy atom. The van der Waals surface area contributed by atoms with Crippen molar-refractivity contribution in [2.24, 2.45) is 0 Å². The van der Waals surface area contributed by atoms with E-state index in [0.29, 0.717) is 17.6 Å². The molecule has 136 valence electrons. The van der Waals surface area contributed by atoms with Crippen molar-refractivity contribution >= 4 is 22.5 Å². The van der Waals surface area contributed by atoms with Crippen molar-refractivity contribution in [2.75, 3.05) is 18.5 Å². The fourth-order valence-corrected chi connectivity index (χ4v) is 3.18. The molecule has 0 atom stereocenters. The second-order valence-electron chi connectivity index (χ2n) is 6.37. The van der Waals surface area contributed by atoms with Gasteiger partial charge in [-0.3, -0.25) is 4.79 Å². The second-order valence-corrected chi connectivity index (χ2v) is 6.37. The molecular formula is C18H21N5O3. The first-order valence-corrected chi connectivity index (χ1v) is 8.83. The number of ether oxygens (including phenoxy) is 1. The number of fused-ring (bicyclic) bond motifs is 1. The molecule has 1 aliphatic heterocycles. The summed E-state index contributed by atoms with van der Waals surface area (Å²) in [7, 11) is 0. The molecule has 3 aromatic heterocycles. The highest BCUT2D eigenvalue weighted by molar-refractivity contribution is 5.97. The van der Waals surface area contributed by atoms with Gasteiger partial charge < -0.3 is 14.5 Å². The number of pyridine rings is 1. The van der Waals surface area contributed by atoms with Crippen molar-refractivity contribution in [2.45, 2.75) is 39.3 Å². The number of nitrogens with zero attached hydrogens (tertiary/aromatic N) is 4. The molecule has 0 radical (unpaired) electrons. The third-order valence-electron chi connectivity index (χ3n) is 4.63. The van der Waals surface area contributed by atoms with Crippen LogP contribution in [0.15, 0.2) is 23.1 Å². The molecule has 0 unspecified atom stereocenters. The van der Waals surface area contributed by atoms with Crippen LogP contribution < -0.4 is 5.32 Å². The van der Waals surface area contributed by atoms with E-state index in [1.807, 2.05) is 17.8 Å². The minimum absolute atomic E-state index is 0.133. The van der Waals surface area contributed by atoms with E-state index in [9.17, 15) is 4.79 Å². The number of ketones is 1. The predicted octanol–water partition coefficient (Wildman–Crippen LogP) is 2.90.